The van der Waals surface area contributed by atoms with Crippen LogP contribution in [0, 0.1) is 0 Å². The maximum absolute atomic E-state index is 13.1. The van der Waals surface area contributed by atoms with E-state index in [1.807, 2.05) is 42.5 Å². The molecule has 3 rings (SSSR count). The molecule has 0 spiro atoms. The van der Waals surface area contributed by atoms with E-state index in [0.29, 0.717) is 5.56 Å². The van der Waals surface area contributed by atoms with E-state index in [0.717, 1.165) is 11.1 Å². The Balaban J connectivity index is 2.03. The summed E-state index contributed by atoms with van der Waals surface area (Å²) in [5.74, 6) is -1.41. The number of aliphatic carboxylic acids is 1. The molecule has 1 N–H and O–H groups in total. The minimum Gasteiger partial charge on any atom is -0.480 e. The first-order valence-electron chi connectivity index (χ1n) is 8.35. The van der Waals surface area contributed by atoms with Crippen molar-refractivity contribution in [1.29, 1.82) is 0 Å². The molecule has 1 aromatic heterocycles. The highest BCUT2D eigenvalue weighted by Gasteiger charge is 2.49. The van der Waals surface area contributed by atoms with E-state index < -0.39 is 20.6 Å². The first kappa shape index (κ1) is 18.8. The summed E-state index contributed by atoms with van der Waals surface area (Å²) >= 11 is 0. The molecular formula is C20H20N2O4S. The first-order chi connectivity index (χ1) is 12.8. The lowest BCUT2D eigenvalue weighted by Gasteiger charge is -2.24. The van der Waals surface area contributed by atoms with Crippen molar-refractivity contribution in [2.24, 2.45) is 7.05 Å². The molecule has 7 heteroatoms. The van der Waals surface area contributed by atoms with E-state index in [-0.39, 0.29) is 11.6 Å². The fourth-order valence-electron chi connectivity index (χ4n) is 2.98. The second kappa shape index (κ2) is 7.00. The highest BCUT2D eigenvalue weighted by atomic mass is 32.2. The highest BCUT2D eigenvalue weighted by molar-refractivity contribution is 7.93. The van der Waals surface area contributed by atoms with E-state index in [1.54, 1.807) is 12.1 Å². The maximum Gasteiger partial charge on any atom is 0.325 e. The predicted octanol–water partition coefficient (Wildman–Crippen LogP) is 2.95. The summed E-state index contributed by atoms with van der Waals surface area (Å²) in [6, 6.07) is 16.9. The molecule has 6 nitrogen and oxygen atoms in total. The molecule has 1 heterocycles. The van der Waals surface area contributed by atoms with Gasteiger partial charge in [0.1, 0.15) is 0 Å². The molecule has 27 heavy (non-hydrogen) atoms. The number of aromatic nitrogens is 2. The van der Waals surface area contributed by atoms with E-state index in [2.05, 4.69) is 4.98 Å². The second-order valence-corrected chi connectivity index (χ2v) is 8.88. The Bertz CT molecular complexity index is 1070. The van der Waals surface area contributed by atoms with Crippen LogP contribution in [0.5, 0.6) is 0 Å². The van der Waals surface area contributed by atoms with Crippen LogP contribution in [0.25, 0.3) is 11.1 Å². The van der Waals surface area contributed by atoms with Crippen LogP contribution in [-0.4, -0.2) is 33.8 Å². The standard InChI is InChI=1S/C20H20N2O4S/c1-20(18(23)24,27(25,26)19-21-11-12-22(19)2)14-15-7-6-10-17(13-15)16-8-4-3-5-9-16/h3-13H,14H2,1-2H3,(H,23,24). The summed E-state index contributed by atoms with van der Waals surface area (Å²) in [7, 11) is -2.68. The van der Waals surface area contributed by atoms with Gasteiger partial charge in [0.25, 0.3) is 0 Å². The summed E-state index contributed by atoms with van der Waals surface area (Å²) in [6.45, 7) is 1.23. The average molecular weight is 384 g/mol. The van der Waals surface area contributed by atoms with E-state index in [1.165, 1.54) is 30.9 Å². The molecule has 0 amide bonds. The number of hydrogen-bond donors (Lipinski definition) is 1. The van der Waals surface area contributed by atoms with Crippen molar-refractivity contribution in [2.45, 2.75) is 23.2 Å². The van der Waals surface area contributed by atoms with Crippen molar-refractivity contribution in [1.82, 2.24) is 9.55 Å². The van der Waals surface area contributed by atoms with Crippen LogP contribution in [0.2, 0.25) is 0 Å². The van der Waals surface area contributed by atoms with Gasteiger partial charge in [-0.3, -0.25) is 4.79 Å². The van der Waals surface area contributed by atoms with Crippen molar-refractivity contribution in [3.05, 3.63) is 72.6 Å². The minimum absolute atomic E-state index is 0.168. The zero-order chi connectivity index (χ0) is 19.7. The van der Waals surface area contributed by atoms with Crippen molar-refractivity contribution >= 4 is 15.8 Å². The van der Waals surface area contributed by atoms with E-state index in [9.17, 15) is 18.3 Å². The lowest BCUT2D eigenvalue weighted by Crippen LogP contribution is -2.46. The number of aryl methyl sites for hydroxylation is 1. The summed E-state index contributed by atoms with van der Waals surface area (Å²) in [5, 5.41) is 9.53. The van der Waals surface area contributed by atoms with Crippen LogP contribution in [-0.2, 0) is 28.1 Å². The highest BCUT2D eigenvalue weighted by Crippen LogP contribution is 2.30. The van der Waals surface area contributed by atoms with Crippen LogP contribution in [0.1, 0.15) is 12.5 Å². The van der Waals surface area contributed by atoms with Crippen molar-refractivity contribution in [3.8, 4) is 11.1 Å². The Kier molecular flexibility index (Phi) is 4.89. The number of benzene rings is 2. The monoisotopic (exact) mass is 384 g/mol. The van der Waals surface area contributed by atoms with Crippen molar-refractivity contribution in [2.75, 3.05) is 0 Å². The number of imidazole rings is 1. The lowest BCUT2D eigenvalue weighted by atomic mass is 9.96. The summed E-state index contributed by atoms with van der Waals surface area (Å²) in [4.78, 5) is 15.9. The molecule has 2 aromatic carbocycles. The molecular weight excluding hydrogens is 364 g/mol. The molecule has 3 aromatic rings. The maximum atomic E-state index is 13.1. The molecule has 1 atom stereocenters. The summed E-state index contributed by atoms with van der Waals surface area (Å²) in [5.41, 5.74) is 2.50. The molecule has 0 bridgehead atoms. The SMILES string of the molecule is Cn1ccnc1S(=O)(=O)C(C)(Cc1cccc(-c2ccccc2)c1)C(=O)O. The van der Waals surface area contributed by atoms with Crippen LogP contribution < -0.4 is 0 Å². The zero-order valence-corrected chi connectivity index (χ0v) is 15.8. The quantitative estimate of drug-likeness (QED) is 0.706. The Hall–Kier alpha value is -2.93. The molecule has 0 aliphatic heterocycles. The molecule has 0 fully saturated rings. The lowest BCUT2D eigenvalue weighted by molar-refractivity contribution is -0.139. The van der Waals surface area contributed by atoms with Crippen LogP contribution in [0.4, 0.5) is 0 Å². The van der Waals surface area contributed by atoms with Gasteiger partial charge in [-0.1, -0.05) is 54.6 Å². The minimum atomic E-state index is -4.21. The van der Waals surface area contributed by atoms with E-state index >= 15 is 0 Å². The van der Waals surface area contributed by atoms with Crippen molar-refractivity contribution < 1.29 is 18.3 Å². The van der Waals surface area contributed by atoms with Gasteiger partial charge in [-0.25, -0.2) is 13.4 Å². The number of carbonyl (C=O) groups is 1. The molecule has 140 valence electrons. The number of carboxylic acids is 1. The normalized spacial score (nSPS) is 13.9. The van der Waals surface area contributed by atoms with Gasteiger partial charge in [-0.05, 0) is 23.6 Å². The van der Waals surface area contributed by atoms with Crippen LogP contribution >= 0.6 is 0 Å². The zero-order valence-electron chi connectivity index (χ0n) is 15.0. The number of sulfone groups is 1. The largest absolute Gasteiger partial charge is 0.480 e. The van der Waals surface area contributed by atoms with Gasteiger partial charge in [0.05, 0.1) is 0 Å². The third kappa shape index (κ3) is 3.38. The van der Waals surface area contributed by atoms with Gasteiger partial charge in [0.15, 0.2) is 4.75 Å². The van der Waals surface area contributed by atoms with Gasteiger partial charge < -0.3 is 9.67 Å². The van der Waals surface area contributed by atoms with Gasteiger partial charge in [0.2, 0.25) is 15.0 Å². The fourth-order valence-corrected chi connectivity index (χ4v) is 4.61. The van der Waals surface area contributed by atoms with Gasteiger partial charge >= 0.3 is 5.97 Å². The summed E-state index contributed by atoms with van der Waals surface area (Å²) in [6.07, 6.45) is 2.65. The number of rotatable bonds is 6. The Morgan fingerprint density at radius 1 is 1.11 bits per heavy atom. The number of nitrogens with zero attached hydrogens (tertiary/aromatic N) is 2. The van der Waals surface area contributed by atoms with Crippen LogP contribution in [0.15, 0.2) is 72.1 Å². The Labute approximate surface area is 158 Å². The van der Waals surface area contributed by atoms with Crippen LogP contribution in [0.3, 0.4) is 0 Å². The molecule has 0 aliphatic carbocycles. The van der Waals surface area contributed by atoms with Gasteiger partial charge in [-0.15, -0.1) is 0 Å². The predicted molar refractivity (Wildman–Crippen MR) is 102 cm³/mol. The second-order valence-electron chi connectivity index (χ2n) is 6.60. The van der Waals surface area contributed by atoms with Gasteiger partial charge in [-0.2, -0.15) is 0 Å². The Morgan fingerprint density at radius 2 is 1.78 bits per heavy atom. The topological polar surface area (TPSA) is 89.3 Å². The third-order valence-corrected chi connectivity index (χ3v) is 7.02. The van der Waals surface area contributed by atoms with Crippen molar-refractivity contribution in [3.63, 3.8) is 0 Å². The average Bonchev–Trinajstić information content (AvgIpc) is 3.09. The number of hydrogen-bond acceptors (Lipinski definition) is 4. The molecule has 0 saturated carbocycles. The van der Waals surface area contributed by atoms with E-state index in [4.69, 9.17) is 0 Å². The fraction of sp³-hybridized carbons (Fsp3) is 0.200. The smallest absolute Gasteiger partial charge is 0.325 e. The molecule has 0 radical (unpaired) electrons. The molecule has 1 unspecified atom stereocenters. The third-order valence-electron chi connectivity index (χ3n) is 4.64. The Morgan fingerprint density at radius 3 is 2.37 bits per heavy atom. The molecule has 0 aliphatic rings. The number of carboxylic acid groups (broad SMARTS) is 1. The van der Waals surface area contributed by atoms with Gasteiger partial charge in [0, 0.05) is 25.9 Å². The molecule has 0 saturated heterocycles. The first-order valence-corrected chi connectivity index (χ1v) is 9.84. The summed E-state index contributed by atoms with van der Waals surface area (Å²) < 4.78 is 25.4.